The maximum Gasteiger partial charge on any atom is 0.228 e. The van der Waals surface area contributed by atoms with Crippen molar-refractivity contribution in [2.24, 2.45) is 0 Å². The van der Waals surface area contributed by atoms with Gasteiger partial charge in [-0.1, -0.05) is 13.3 Å². The fourth-order valence-electron chi connectivity index (χ4n) is 1.35. The molecule has 4 nitrogen and oxygen atoms in total. The van der Waals surface area contributed by atoms with Gasteiger partial charge < -0.3 is 9.64 Å². The van der Waals surface area contributed by atoms with Gasteiger partial charge in [0.15, 0.2) is 0 Å². The summed E-state index contributed by atoms with van der Waals surface area (Å²) in [6.45, 7) is 6.21. The summed E-state index contributed by atoms with van der Waals surface area (Å²) in [5, 5.41) is 0. The predicted molar refractivity (Wildman–Crippen MR) is 61.4 cm³/mol. The van der Waals surface area contributed by atoms with Gasteiger partial charge in [0.2, 0.25) is 11.8 Å². The van der Waals surface area contributed by atoms with Crippen LogP contribution < -0.4 is 9.64 Å². The molecule has 0 radical (unpaired) electrons. The molecule has 0 aromatic carbocycles. The van der Waals surface area contributed by atoms with Crippen molar-refractivity contribution in [3.8, 4) is 5.88 Å². The van der Waals surface area contributed by atoms with E-state index in [0.717, 1.165) is 25.5 Å². The molecule has 84 valence electrons. The average molecular weight is 209 g/mol. The van der Waals surface area contributed by atoms with Crippen LogP contribution in [0.3, 0.4) is 0 Å². The Kier molecular flexibility index (Phi) is 4.87. The van der Waals surface area contributed by atoms with Crippen LogP contribution in [0.1, 0.15) is 26.7 Å². The predicted octanol–water partition coefficient (Wildman–Crippen LogP) is 2.11. The van der Waals surface area contributed by atoms with Gasteiger partial charge in [0.1, 0.15) is 0 Å². The lowest BCUT2D eigenvalue weighted by atomic mass is 10.3. The Morgan fingerprint density at radius 2 is 2.20 bits per heavy atom. The maximum atomic E-state index is 5.08. The molecule has 0 aliphatic carbocycles. The lowest BCUT2D eigenvalue weighted by Crippen LogP contribution is -2.25. The van der Waals surface area contributed by atoms with E-state index in [1.165, 1.54) is 6.42 Å². The topological polar surface area (TPSA) is 38.2 Å². The second kappa shape index (κ2) is 6.22. The minimum atomic E-state index is 0.620. The first-order valence-electron chi connectivity index (χ1n) is 5.43. The Hall–Kier alpha value is -1.32. The number of unbranched alkanes of at least 4 members (excludes halogenated alkanes) is 1. The molecule has 0 saturated heterocycles. The molecule has 0 unspecified atom stereocenters. The zero-order valence-corrected chi connectivity index (χ0v) is 9.73. The lowest BCUT2D eigenvalue weighted by molar-refractivity contribution is 0.396. The van der Waals surface area contributed by atoms with E-state index < -0.39 is 0 Å². The molecule has 0 saturated carbocycles. The summed E-state index contributed by atoms with van der Waals surface area (Å²) in [6, 6.07) is 1.76. The van der Waals surface area contributed by atoms with E-state index in [2.05, 4.69) is 28.7 Å². The van der Waals surface area contributed by atoms with Crippen LogP contribution in [0.4, 0.5) is 5.95 Å². The molecule has 0 aliphatic rings. The molecule has 0 fully saturated rings. The summed E-state index contributed by atoms with van der Waals surface area (Å²) in [5.74, 6) is 1.38. The molecule has 15 heavy (non-hydrogen) atoms. The van der Waals surface area contributed by atoms with Crippen molar-refractivity contribution in [2.75, 3.05) is 25.1 Å². The third-order valence-corrected chi connectivity index (χ3v) is 2.27. The van der Waals surface area contributed by atoms with Gasteiger partial charge in [-0.2, -0.15) is 4.98 Å². The summed E-state index contributed by atoms with van der Waals surface area (Å²) in [5.41, 5.74) is 0. The number of rotatable bonds is 6. The van der Waals surface area contributed by atoms with Crippen molar-refractivity contribution in [1.82, 2.24) is 9.97 Å². The first-order valence-corrected chi connectivity index (χ1v) is 5.43. The van der Waals surface area contributed by atoms with Gasteiger partial charge in [0.05, 0.1) is 7.11 Å². The standard InChI is InChI=1S/C11H19N3O/c1-4-6-9-14(5-2)11-12-8-7-10(13-11)15-3/h7-8H,4-6,9H2,1-3H3. The van der Waals surface area contributed by atoms with Crippen LogP contribution in [0.25, 0.3) is 0 Å². The quantitative estimate of drug-likeness (QED) is 0.719. The van der Waals surface area contributed by atoms with Crippen molar-refractivity contribution < 1.29 is 4.74 Å². The molecule has 0 N–H and O–H groups in total. The highest BCUT2D eigenvalue weighted by atomic mass is 16.5. The van der Waals surface area contributed by atoms with E-state index in [4.69, 9.17) is 4.74 Å². The van der Waals surface area contributed by atoms with Crippen LogP contribution in [0.2, 0.25) is 0 Å². The molecule has 1 aromatic rings. The van der Waals surface area contributed by atoms with Gasteiger partial charge in [-0.15, -0.1) is 0 Å². The van der Waals surface area contributed by atoms with Crippen LogP contribution in [-0.2, 0) is 0 Å². The van der Waals surface area contributed by atoms with E-state index in [1.54, 1.807) is 19.4 Å². The second-order valence-electron chi connectivity index (χ2n) is 3.33. The number of methoxy groups -OCH3 is 1. The normalized spacial score (nSPS) is 10.1. The van der Waals surface area contributed by atoms with Gasteiger partial charge in [-0.3, -0.25) is 0 Å². The van der Waals surface area contributed by atoms with E-state index in [-0.39, 0.29) is 0 Å². The summed E-state index contributed by atoms with van der Waals surface area (Å²) in [7, 11) is 1.62. The highest BCUT2D eigenvalue weighted by Gasteiger charge is 2.07. The zero-order chi connectivity index (χ0) is 11.1. The Morgan fingerprint density at radius 3 is 2.80 bits per heavy atom. The third-order valence-electron chi connectivity index (χ3n) is 2.27. The molecule has 0 bridgehead atoms. The fraction of sp³-hybridized carbons (Fsp3) is 0.636. The van der Waals surface area contributed by atoms with Crippen molar-refractivity contribution in [2.45, 2.75) is 26.7 Å². The van der Waals surface area contributed by atoms with Crippen molar-refractivity contribution in [3.05, 3.63) is 12.3 Å². The first-order chi connectivity index (χ1) is 7.31. The first kappa shape index (κ1) is 11.8. The van der Waals surface area contributed by atoms with Crippen molar-refractivity contribution in [1.29, 1.82) is 0 Å². The number of nitrogens with zero attached hydrogens (tertiary/aromatic N) is 3. The number of hydrogen-bond acceptors (Lipinski definition) is 4. The number of anilines is 1. The molecular formula is C11H19N3O. The minimum Gasteiger partial charge on any atom is -0.481 e. The Morgan fingerprint density at radius 1 is 1.40 bits per heavy atom. The van der Waals surface area contributed by atoms with Gasteiger partial charge in [-0.05, 0) is 13.3 Å². The Bertz CT molecular complexity index is 291. The van der Waals surface area contributed by atoms with Gasteiger partial charge in [-0.25, -0.2) is 4.98 Å². The number of aromatic nitrogens is 2. The smallest absolute Gasteiger partial charge is 0.228 e. The molecule has 0 atom stereocenters. The highest BCUT2D eigenvalue weighted by Crippen LogP contribution is 2.12. The van der Waals surface area contributed by atoms with Crippen LogP contribution in [-0.4, -0.2) is 30.2 Å². The molecular weight excluding hydrogens is 190 g/mol. The zero-order valence-electron chi connectivity index (χ0n) is 9.73. The molecule has 1 rings (SSSR count). The van der Waals surface area contributed by atoms with Crippen LogP contribution in [0, 0.1) is 0 Å². The third kappa shape index (κ3) is 3.38. The van der Waals surface area contributed by atoms with Gasteiger partial charge >= 0.3 is 0 Å². The second-order valence-corrected chi connectivity index (χ2v) is 3.33. The monoisotopic (exact) mass is 209 g/mol. The molecule has 1 aromatic heterocycles. The van der Waals surface area contributed by atoms with E-state index >= 15 is 0 Å². The van der Waals surface area contributed by atoms with E-state index in [0.29, 0.717) is 5.88 Å². The van der Waals surface area contributed by atoms with Crippen molar-refractivity contribution >= 4 is 5.95 Å². The molecule has 0 spiro atoms. The lowest BCUT2D eigenvalue weighted by Gasteiger charge is -2.20. The molecule has 0 amide bonds. The average Bonchev–Trinajstić information content (AvgIpc) is 2.30. The maximum absolute atomic E-state index is 5.08. The van der Waals surface area contributed by atoms with E-state index in [1.807, 2.05) is 0 Å². The van der Waals surface area contributed by atoms with Crippen LogP contribution in [0.15, 0.2) is 12.3 Å². The number of ether oxygens (including phenoxy) is 1. The molecule has 1 heterocycles. The number of hydrogen-bond donors (Lipinski definition) is 0. The largest absolute Gasteiger partial charge is 0.481 e. The SMILES string of the molecule is CCCCN(CC)c1nccc(OC)n1. The summed E-state index contributed by atoms with van der Waals surface area (Å²) >= 11 is 0. The summed E-state index contributed by atoms with van der Waals surface area (Å²) in [6.07, 6.45) is 4.07. The van der Waals surface area contributed by atoms with Gasteiger partial charge in [0.25, 0.3) is 0 Å². The van der Waals surface area contributed by atoms with Gasteiger partial charge in [0, 0.05) is 25.4 Å². The fourth-order valence-corrected chi connectivity index (χ4v) is 1.35. The summed E-state index contributed by atoms with van der Waals surface area (Å²) < 4.78 is 5.08. The highest BCUT2D eigenvalue weighted by molar-refractivity contribution is 5.31. The Balaban J connectivity index is 2.72. The van der Waals surface area contributed by atoms with Crippen LogP contribution >= 0.6 is 0 Å². The minimum absolute atomic E-state index is 0.620. The van der Waals surface area contributed by atoms with Crippen LogP contribution in [0.5, 0.6) is 5.88 Å². The molecule has 4 heteroatoms. The summed E-state index contributed by atoms with van der Waals surface area (Å²) in [4.78, 5) is 10.7. The van der Waals surface area contributed by atoms with E-state index in [9.17, 15) is 0 Å². The molecule has 0 aliphatic heterocycles. The van der Waals surface area contributed by atoms with Crippen molar-refractivity contribution in [3.63, 3.8) is 0 Å². The Labute approximate surface area is 91.3 Å².